The number of piperazine rings is 1. The van der Waals surface area contributed by atoms with Crippen LogP contribution < -0.4 is 0 Å². The smallest absolute Gasteiger partial charge is 0.224 e. The molecule has 0 spiro atoms. The molecule has 1 aliphatic heterocycles. The van der Waals surface area contributed by atoms with Crippen molar-refractivity contribution in [2.45, 2.75) is 19.4 Å². The molecule has 5 nitrogen and oxygen atoms in total. The summed E-state index contributed by atoms with van der Waals surface area (Å²) in [6.07, 6.45) is 0. The Balaban J connectivity index is 2.46. The maximum absolute atomic E-state index is 11.6. The normalized spacial score (nSPS) is 21.2. The van der Waals surface area contributed by atoms with E-state index in [1.54, 1.807) is 13.8 Å². The molecule has 0 saturated carbocycles. The lowest BCUT2D eigenvalue weighted by Gasteiger charge is -2.36. The molecule has 1 aliphatic rings. The summed E-state index contributed by atoms with van der Waals surface area (Å²) in [6, 6.07) is 0. The highest BCUT2D eigenvalue weighted by molar-refractivity contribution is 9.10. The van der Waals surface area contributed by atoms with Gasteiger partial charge in [-0.3, -0.25) is 4.90 Å². The molecule has 7 heteroatoms. The lowest BCUT2D eigenvalue weighted by atomic mass is 10.1. The van der Waals surface area contributed by atoms with Crippen molar-refractivity contribution < 1.29 is 13.5 Å². The summed E-state index contributed by atoms with van der Waals surface area (Å²) in [5.41, 5.74) is -0.726. The molecule has 0 aromatic heterocycles. The Labute approximate surface area is 106 Å². The molecular weight excluding hydrogens is 296 g/mol. The van der Waals surface area contributed by atoms with Crippen LogP contribution in [-0.2, 0) is 10.0 Å². The predicted octanol–water partition coefficient (Wildman–Crippen LogP) is 0.0571. The summed E-state index contributed by atoms with van der Waals surface area (Å²) < 4.78 is 24.6. The Kier molecular flexibility index (Phi) is 4.76. The van der Waals surface area contributed by atoms with E-state index in [4.69, 9.17) is 0 Å². The van der Waals surface area contributed by atoms with Gasteiger partial charge < -0.3 is 5.11 Å². The molecule has 96 valence electrons. The molecule has 1 rings (SSSR count). The van der Waals surface area contributed by atoms with Gasteiger partial charge in [0.1, 0.15) is 4.66 Å². The van der Waals surface area contributed by atoms with Gasteiger partial charge in [0.2, 0.25) is 10.0 Å². The maximum atomic E-state index is 11.6. The molecule has 0 amide bonds. The number of halogens is 1. The molecule has 0 bridgehead atoms. The molecule has 1 heterocycles. The lowest BCUT2D eigenvalue weighted by Crippen LogP contribution is -2.52. The third-order valence-electron chi connectivity index (χ3n) is 2.47. The summed E-state index contributed by atoms with van der Waals surface area (Å²) >= 11 is 2.99. The minimum absolute atomic E-state index is 0.0223. The first-order chi connectivity index (χ1) is 7.24. The van der Waals surface area contributed by atoms with Gasteiger partial charge in [-0.25, -0.2) is 8.42 Å². The zero-order chi connectivity index (χ0) is 12.4. The van der Waals surface area contributed by atoms with Crippen molar-refractivity contribution >= 4 is 26.0 Å². The van der Waals surface area contributed by atoms with Crippen LogP contribution in [0.15, 0.2) is 0 Å². The number of hydrogen-bond acceptors (Lipinski definition) is 4. The van der Waals surface area contributed by atoms with E-state index in [1.165, 1.54) is 4.31 Å². The number of nitrogens with zero attached hydrogens (tertiary/aromatic N) is 2. The minimum Gasteiger partial charge on any atom is -0.389 e. The second-order valence-corrected chi connectivity index (χ2v) is 7.98. The van der Waals surface area contributed by atoms with E-state index in [-0.39, 0.29) is 4.66 Å². The number of sulfonamides is 1. The number of β-amino-alcohol motifs (C(OH)–C–C–N with tert-alkyl or cyclic N) is 1. The molecule has 0 aromatic carbocycles. The zero-order valence-electron chi connectivity index (χ0n) is 9.69. The van der Waals surface area contributed by atoms with Crippen molar-refractivity contribution in [1.82, 2.24) is 9.21 Å². The van der Waals surface area contributed by atoms with Gasteiger partial charge in [-0.05, 0) is 13.8 Å². The largest absolute Gasteiger partial charge is 0.389 e. The van der Waals surface area contributed by atoms with Gasteiger partial charge in [0, 0.05) is 32.7 Å². The van der Waals surface area contributed by atoms with Crippen molar-refractivity contribution in [2.75, 3.05) is 37.4 Å². The molecule has 0 unspecified atom stereocenters. The van der Waals surface area contributed by atoms with Crippen LogP contribution in [0.3, 0.4) is 0 Å². The van der Waals surface area contributed by atoms with Crippen molar-refractivity contribution in [3.05, 3.63) is 0 Å². The SMILES string of the molecule is CC(C)(O)CN1CCN(S(=O)(=O)CBr)CC1. The first-order valence-electron chi connectivity index (χ1n) is 5.23. The fourth-order valence-corrected chi connectivity index (χ4v) is 3.51. The van der Waals surface area contributed by atoms with Crippen LogP contribution in [0.1, 0.15) is 13.8 Å². The van der Waals surface area contributed by atoms with E-state index in [9.17, 15) is 13.5 Å². The lowest BCUT2D eigenvalue weighted by molar-refractivity contribution is 0.0263. The van der Waals surface area contributed by atoms with E-state index in [0.29, 0.717) is 32.7 Å². The van der Waals surface area contributed by atoms with Crippen molar-refractivity contribution in [1.29, 1.82) is 0 Å². The molecule has 0 atom stereocenters. The number of rotatable bonds is 4. The standard InChI is InChI=1S/C9H19BrN2O3S/c1-9(2,13)7-11-3-5-12(6-4-11)16(14,15)8-10/h13H,3-8H2,1-2H3. The average Bonchev–Trinajstić information content (AvgIpc) is 2.16. The van der Waals surface area contributed by atoms with Crippen molar-refractivity contribution in [3.8, 4) is 0 Å². The topological polar surface area (TPSA) is 60.9 Å². The van der Waals surface area contributed by atoms with Gasteiger partial charge in [0.05, 0.1) is 5.60 Å². The molecule has 1 fully saturated rings. The highest BCUT2D eigenvalue weighted by Crippen LogP contribution is 2.12. The van der Waals surface area contributed by atoms with Gasteiger partial charge in [0.25, 0.3) is 0 Å². The monoisotopic (exact) mass is 314 g/mol. The summed E-state index contributed by atoms with van der Waals surface area (Å²) in [4.78, 5) is 2.08. The molecule has 1 saturated heterocycles. The predicted molar refractivity (Wildman–Crippen MR) is 67.0 cm³/mol. The highest BCUT2D eigenvalue weighted by Gasteiger charge is 2.28. The minimum atomic E-state index is -3.13. The van der Waals surface area contributed by atoms with Crippen LogP contribution in [0, 0.1) is 0 Å². The van der Waals surface area contributed by atoms with Crippen LogP contribution in [0.4, 0.5) is 0 Å². The van der Waals surface area contributed by atoms with Crippen LogP contribution in [0.25, 0.3) is 0 Å². The molecule has 16 heavy (non-hydrogen) atoms. The molecular formula is C9H19BrN2O3S. The summed E-state index contributed by atoms with van der Waals surface area (Å²) in [6.45, 7) is 6.46. The number of aliphatic hydroxyl groups is 1. The second kappa shape index (κ2) is 5.30. The Morgan fingerprint density at radius 1 is 1.25 bits per heavy atom. The third-order valence-corrected chi connectivity index (χ3v) is 5.64. The Morgan fingerprint density at radius 3 is 2.12 bits per heavy atom. The van der Waals surface area contributed by atoms with E-state index >= 15 is 0 Å². The van der Waals surface area contributed by atoms with Crippen LogP contribution in [-0.4, -0.2) is 65.7 Å². The first kappa shape index (κ1) is 14.4. The molecule has 1 N–H and O–H groups in total. The fourth-order valence-electron chi connectivity index (χ4n) is 1.78. The molecule has 0 aromatic rings. The highest BCUT2D eigenvalue weighted by atomic mass is 79.9. The number of hydrogen-bond donors (Lipinski definition) is 1. The van der Waals surface area contributed by atoms with Gasteiger partial charge in [-0.15, -0.1) is 0 Å². The van der Waals surface area contributed by atoms with E-state index in [1.807, 2.05) is 0 Å². The molecule has 0 aliphatic carbocycles. The Morgan fingerprint density at radius 2 is 1.75 bits per heavy atom. The van der Waals surface area contributed by atoms with E-state index in [0.717, 1.165) is 0 Å². The summed E-state index contributed by atoms with van der Waals surface area (Å²) in [5, 5.41) is 9.66. The summed E-state index contributed by atoms with van der Waals surface area (Å²) in [7, 11) is -3.13. The van der Waals surface area contributed by atoms with Crippen LogP contribution >= 0.6 is 15.9 Å². The second-order valence-electron chi connectivity index (χ2n) is 4.71. The van der Waals surface area contributed by atoms with Gasteiger partial charge >= 0.3 is 0 Å². The Bertz CT molecular complexity index is 318. The third kappa shape index (κ3) is 4.29. The summed E-state index contributed by atoms with van der Waals surface area (Å²) in [5.74, 6) is 0. The fraction of sp³-hybridized carbons (Fsp3) is 1.00. The number of alkyl halides is 1. The van der Waals surface area contributed by atoms with Gasteiger partial charge in [-0.2, -0.15) is 4.31 Å². The van der Waals surface area contributed by atoms with Crippen molar-refractivity contribution in [3.63, 3.8) is 0 Å². The van der Waals surface area contributed by atoms with Crippen molar-refractivity contribution in [2.24, 2.45) is 0 Å². The van der Waals surface area contributed by atoms with E-state index < -0.39 is 15.6 Å². The first-order valence-corrected chi connectivity index (χ1v) is 7.96. The van der Waals surface area contributed by atoms with E-state index in [2.05, 4.69) is 20.8 Å². The van der Waals surface area contributed by atoms with Crippen LogP contribution in [0.2, 0.25) is 0 Å². The molecule has 0 radical (unpaired) electrons. The average molecular weight is 315 g/mol. The Hall–Kier alpha value is 0.310. The van der Waals surface area contributed by atoms with Crippen LogP contribution in [0.5, 0.6) is 0 Å². The van der Waals surface area contributed by atoms with Gasteiger partial charge in [-0.1, -0.05) is 15.9 Å². The maximum Gasteiger partial charge on any atom is 0.224 e. The quantitative estimate of drug-likeness (QED) is 0.745. The zero-order valence-corrected chi connectivity index (χ0v) is 12.1. The van der Waals surface area contributed by atoms with Gasteiger partial charge in [0.15, 0.2) is 0 Å².